The largest absolute Gasteiger partial charge is 0.435 e. The maximum Gasteiger partial charge on any atom is 0.435 e. The highest BCUT2D eigenvalue weighted by Crippen LogP contribution is 2.30. The molecule has 0 bridgehead atoms. The first kappa shape index (κ1) is 22.6. The smallest absolute Gasteiger partial charge is 0.396 e. The number of carbonyl (C=O) groups excluding carboxylic acids is 1. The van der Waals surface area contributed by atoms with Crippen molar-refractivity contribution in [1.82, 2.24) is 15.1 Å². The zero-order valence-electron chi connectivity index (χ0n) is 15.9. The van der Waals surface area contributed by atoms with E-state index in [4.69, 9.17) is 16.7 Å². The van der Waals surface area contributed by atoms with Crippen LogP contribution in [0.4, 0.5) is 28.0 Å². The minimum absolute atomic E-state index is 0.0641. The Morgan fingerprint density at radius 1 is 1.16 bits per heavy atom. The fourth-order valence-electron chi connectivity index (χ4n) is 2.81. The summed E-state index contributed by atoms with van der Waals surface area (Å²) in [5.41, 5.74) is -0.322. The summed E-state index contributed by atoms with van der Waals surface area (Å²) < 4.78 is 54.4. The van der Waals surface area contributed by atoms with Crippen LogP contribution in [0.15, 0.2) is 48.5 Å². The number of hydrogen-bond acceptors (Lipinski definition) is 3. The topological polar surface area (TPSA) is 79.2 Å². The van der Waals surface area contributed by atoms with Gasteiger partial charge in [0.25, 0.3) is 0 Å². The van der Waals surface area contributed by atoms with Crippen molar-refractivity contribution in [2.45, 2.75) is 19.1 Å². The van der Waals surface area contributed by atoms with E-state index in [-0.39, 0.29) is 31.0 Å². The molecule has 1 aromatic heterocycles. The van der Waals surface area contributed by atoms with Crippen LogP contribution in [0, 0.1) is 5.82 Å². The van der Waals surface area contributed by atoms with E-state index in [0.29, 0.717) is 16.3 Å². The Hall–Kier alpha value is -3.11. The quantitative estimate of drug-likeness (QED) is 0.476. The maximum atomic E-state index is 13.9. The summed E-state index contributed by atoms with van der Waals surface area (Å²) >= 11 is 5.92. The number of carbonyl (C=O) groups is 1. The lowest BCUT2D eigenvalue weighted by Gasteiger charge is -2.11. The highest BCUT2D eigenvalue weighted by Gasteiger charge is 2.35. The van der Waals surface area contributed by atoms with Crippen molar-refractivity contribution in [2.75, 3.05) is 11.9 Å². The van der Waals surface area contributed by atoms with Gasteiger partial charge in [0.05, 0.1) is 17.9 Å². The Morgan fingerprint density at radius 3 is 2.58 bits per heavy atom. The lowest BCUT2D eigenvalue weighted by Crippen LogP contribution is -2.29. The Balaban J connectivity index is 1.75. The molecule has 2 aromatic carbocycles. The zero-order valence-corrected chi connectivity index (χ0v) is 16.6. The third kappa shape index (κ3) is 5.74. The number of amides is 2. The molecule has 2 amide bonds. The molecule has 3 aromatic rings. The molecule has 0 aliphatic rings. The zero-order chi connectivity index (χ0) is 22.6. The summed E-state index contributed by atoms with van der Waals surface area (Å²) in [7, 11) is 0. The molecule has 0 saturated heterocycles. The number of anilines is 1. The number of aliphatic hydroxyl groups excluding tert-OH is 1. The van der Waals surface area contributed by atoms with Crippen molar-refractivity contribution in [2.24, 2.45) is 0 Å². The lowest BCUT2D eigenvalue weighted by atomic mass is 10.1. The molecule has 31 heavy (non-hydrogen) atoms. The number of aromatic nitrogens is 2. The number of halogens is 5. The van der Waals surface area contributed by atoms with E-state index < -0.39 is 23.7 Å². The normalized spacial score (nSPS) is 11.4. The second-order valence-electron chi connectivity index (χ2n) is 6.50. The van der Waals surface area contributed by atoms with Gasteiger partial charge in [-0.1, -0.05) is 23.7 Å². The number of hydrogen-bond donors (Lipinski definition) is 3. The summed E-state index contributed by atoms with van der Waals surface area (Å²) in [5, 5.41) is 17.6. The van der Waals surface area contributed by atoms with Gasteiger partial charge in [-0.25, -0.2) is 13.9 Å². The van der Waals surface area contributed by atoms with Gasteiger partial charge in [-0.05, 0) is 48.4 Å². The van der Waals surface area contributed by atoms with Crippen LogP contribution in [0.1, 0.15) is 17.0 Å². The summed E-state index contributed by atoms with van der Waals surface area (Å²) in [6.45, 7) is -0.503. The summed E-state index contributed by atoms with van der Waals surface area (Å²) in [5.74, 6) is -0.597. The van der Waals surface area contributed by atoms with Crippen molar-refractivity contribution in [3.05, 3.63) is 76.3 Å². The predicted octanol–water partition coefficient (Wildman–Crippen LogP) is 4.54. The summed E-state index contributed by atoms with van der Waals surface area (Å²) in [6.07, 6.45) is -4.54. The molecule has 3 rings (SSSR count). The molecule has 1 heterocycles. The molecule has 0 aliphatic heterocycles. The summed E-state index contributed by atoms with van der Waals surface area (Å²) in [6, 6.07) is 10.1. The van der Waals surface area contributed by atoms with Crippen LogP contribution in [-0.4, -0.2) is 27.5 Å². The Bertz CT molecular complexity index is 1090. The maximum absolute atomic E-state index is 13.9. The SMILES string of the molecule is O=C(NCc1cc(C(F)(F)F)nn1-c1cccc(Cl)c1)Nc1ccc(CCO)c(F)c1. The van der Waals surface area contributed by atoms with Gasteiger partial charge in [0, 0.05) is 17.3 Å². The van der Waals surface area contributed by atoms with Gasteiger partial charge in [0.1, 0.15) is 5.82 Å². The molecule has 6 nitrogen and oxygen atoms in total. The van der Waals surface area contributed by atoms with Gasteiger partial charge in [0.15, 0.2) is 5.69 Å². The van der Waals surface area contributed by atoms with E-state index in [1.165, 1.54) is 24.3 Å². The molecule has 0 unspecified atom stereocenters. The van der Waals surface area contributed by atoms with E-state index >= 15 is 0 Å². The number of alkyl halides is 3. The molecule has 0 radical (unpaired) electrons. The van der Waals surface area contributed by atoms with Crippen LogP contribution in [0.3, 0.4) is 0 Å². The second-order valence-corrected chi connectivity index (χ2v) is 6.93. The van der Waals surface area contributed by atoms with E-state index in [9.17, 15) is 22.4 Å². The van der Waals surface area contributed by atoms with Crippen LogP contribution >= 0.6 is 11.6 Å². The first-order valence-electron chi connectivity index (χ1n) is 9.03. The Morgan fingerprint density at radius 2 is 1.94 bits per heavy atom. The van der Waals surface area contributed by atoms with E-state index in [2.05, 4.69) is 15.7 Å². The lowest BCUT2D eigenvalue weighted by molar-refractivity contribution is -0.141. The van der Waals surface area contributed by atoms with Crippen molar-refractivity contribution in [3.63, 3.8) is 0 Å². The second kappa shape index (κ2) is 9.36. The summed E-state index contributed by atoms with van der Waals surface area (Å²) in [4.78, 5) is 12.2. The fourth-order valence-corrected chi connectivity index (χ4v) is 2.99. The Labute approximate surface area is 179 Å². The monoisotopic (exact) mass is 456 g/mol. The molecule has 0 atom stereocenters. The molecule has 11 heteroatoms. The van der Waals surface area contributed by atoms with Crippen LogP contribution in [0.25, 0.3) is 5.69 Å². The molecule has 0 saturated carbocycles. The van der Waals surface area contributed by atoms with E-state index in [1.807, 2.05) is 0 Å². The van der Waals surface area contributed by atoms with Crippen LogP contribution in [0.2, 0.25) is 5.02 Å². The minimum atomic E-state index is -4.67. The standard InChI is InChI=1S/C20H17ClF4N4O2/c21-13-2-1-3-15(8-13)29-16(10-18(28-29)20(23,24)25)11-26-19(31)27-14-5-4-12(6-7-30)17(22)9-14/h1-5,8-10,30H,6-7,11H2,(H2,26,27,31). The van der Waals surface area contributed by atoms with Crippen molar-refractivity contribution >= 4 is 23.3 Å². The van der Waals surface area contributed by atoms with Gasteiger partial charge < -0.3 is 15.7 Å². The minimum Gasteiger partial charge on any atom is -0.396 e. The molecule has 0 aliphatic carbocycles. The first-order chi connectivity index (χ1) is 14.7. The molecule has 3 N–H and O–H groups in total. The van der Waals surface area contributed by atoms with Crippen molar-refractivity contribution < 1.29 is 27.5 Å². The van der Waals surface area contributed by atoms with Crippen LogP contribution in [-0.2, 0) is 19.1 Å². The van der Waals surface area contributed by atoms with Gasteiger partial charge in [-0.3, -0.25) is 0 Å². The van der Waals surface area contributed by atoms with Gasteiger partial charge in [0.2, 0.25) is 0 Å². The average molecular weight is 457 g/mol. The molecule has 0 fully saturated rings. The first-order valence-corrected chi connectivity index (χ1v) is 9.41. The van der Waals surface area contributed by atoms with E-state index in [0.717, 1.165) is 16.8 Å². The number of aliphatic hydroxyl groups is 1. The highest BCUT2D eigenvalue weighted by atomic mass is 35.5. The third-order valence-electron chi connectivity index (χ3n) is 4.25. The van der Waals surface area contributed by atoms with Crippen molar-refractivity contribution in [3.8, 4) is 5.69 Å². The number of nitrogens with zero attached hydrogens (tertiary/aromatic N) is 2. The molecule has 0 spiro atoms. The third-order valence-corrected chi connectivity index (χ3v) is 4.48. The molecular weight excluding hydrogens is 440 g/mol. The van der Waals surface area contributed by atoms with Crippen molar-refractivity contribution in [1.29, 1.82) is 0 Å². The van der Waals surface area contributed by atoms with Gasteiger partial charge >= 0.3 is 12.2 Å². The predicted molar refractivity (Wildman–Crippen MR) is 107 cm³/mol. The number of nitrogens with one attached hydrogen (secondary N) is 2. The van der Waals surface area contributed by atoms with Crippen LogP contribution in [0.5, 0.6) is 0 Å². The van der Waals surface area contributed by atoms with Gasteiger partial charge in [-0.15, -0.1) is 0 Å². The van der Waals surface area contributed by atoms with E-state index in [1.54, 1.807) is 12.1 Å². The fraction of sp³-hybridized carbons (Fsp3) is 0.200. The highest BCUT2D eigenvalue weighted by molar-refractivity contribution is 6.30. The Kier molecular flexibility index (Phi) is 6.81. The number of benzene rings is 2. The molecular formula is C20H17ClF4N4O2. The average Bonchev–Trinajstić information content (AvgIpc) is 3.13. The van der Waals surface area contributed by atoms with Crippen LogP contribution < -0.4 is 10.6 Å². The molecule has 164 valence electrons. The number of rotatable bonds is 6. The van der Waals surface area contributed by atoms with Gasteiger partial charge in [-0.2, -0.15) is 18.3 Å². The number of urea groups is 1.